The Labute approximate surface area is 203 Å². The van der Waals surface area contributed by atoms with Crippen LogP contribution < -0.4 is 5.32 Å². The average molecular weight is 476 g/mol. The molecular formula is C27H38FNO5. The van der Waals surface area contributed by atoms with E-state index in [9.17, 15) is 14.4 Å². The number of esters is 2. The summed E-state index contributed by atoms with van der Waals surface area (Å²) in [6.07, 6.45) is 10.1. The second-order valence-corrected chi connectivity index (χ2v) is 8.39. The van der Waals surface area contributed by atoms with E-state index in [1.165, 1.54) is 64.5 Å². The average Bonchev–Trinajstić information content (AvgIpc) is 2.74. The van der Waals surface area contributed by atoms with Gasteiger partial charge < -0.3 is 14.8 Å². The number of ether oxygens (including phenoxy) is 2. The van der Waals surface area contributed by atoms with Gasteiger partial charge in [-0.15, -0.1) is 0 Å². The lowest BCUT2D eigenvalue weighted by Gasteiger charge is -2.34. The van der Waals surface area contributed by atoms with Crippen LogP contribution in [0, 0.1) is 17.7 Å². The summed E-state index contributed by atoms with van der Waals surface area (Å²) in [4.78, 5) is 35.0. The summed E-state index contributed by atoms with van der Waals surface area (Å²) in [6.45, 7) is 5.64. The summed E-state index contributed by atoms with van der Waals surface area (Å²) in [7, 11) is 0. The van der Waals surface area contributed by atoms with E-state index in [1.54, 1.807) is 6.07 Å². The molecule has 0 bridgehead atoms. The molecule has 1 aromatic rings. The number of nitrogens with one attached hydrogen (secondary N) is 1. The Bertz CT molecular complexity index is 856. The van der Waals surface area contributed by atoms with Crippen molar-refractivity contribution in [3.8, 4) is 11.8 Å². The summed E-state index contributed by atoms with van der Waals surface area (Å²) >= 11 is 0. The maximum absolute atomic E-state index is 15.5. The van der Waals surface area contributed by atoms with Crippen molar-refractivity contribution in [1.82, 2.24) is 5.32 Å². The van der Waals surface area contributed by atoms with Crippen molar-refractivity contribution in [3.05, 3.63) is 35.1 Å². The van der Waals surface area contributed by atoms with Crippen molar-refractivity contribution in [3.63, 3.8) is 0 Å². The molecule has 0 aliphatic heterocycles. The summed E-state index contributed by atoms with van der Waals surface area (Å²) in [5.74, 6) is 3.39. The van der Waals surface area contributed by atoms with Crippen molar-refractivity contribution >= 4 is 17.8 Å². The van der Waals surface area contributed by atoms with Gasteiger partial charge in [-0.05, 0) is 12.5 Å². The van der Waals surface area contributed by atoms with Crippen LogP contribution in [-0.4, -0.2) is 24.5 Å². The van der Waals surface area contributed by atoms with Crippen LogP contribution in [0.15, 0.2) is 18.2 Å². The van der Waals surface area contributed by atoms with E-state index in [0.29, 0.717) is 6.42 Å². The lowest BCUT2D eigenvalue weighted by Crippen LogP contribution is -2.49. The lowest BCUT2D eigenvalue weighted by atomic mass is 9.95. The zero-order valence-electron chi connectivity index (χ0n) is 20.9. The first-order valence-corrected chi connectivity index (χ1v) is 12.1. The number of halogens is 1. The van der Waals surface area contributed by atoms with Crippen LogP contribution in [0.5, 0.6) is 0 Å². The fourth-order valence-electron chi connectivity index (χ4n) is 3.71. The Morgan fingerprint density at radius 1 is 0.971 bits per heavy atom. The predicted molar refractivity (Wildman–Crippen MR) is 129 cm³/mol. The second kappa shape index (κ2) is 15.9. The lowest BCUT2D eigenvalue weighted by molar-refractivity contribution is -0.168. The SMILES string of the molecule is CCCCCCCCCCC#Cc1cccc(C(CCOC(C)=O)(NC(C)=O)OC(C)=O)c1F. The van der Waals surface area contributed by atoms with Crippen LogP contribution in [0.4, 0.5) is 4.39 Å². The fourth-order valence-corrected chi connectivity index (χ4v) is 3.71. The van der Waals surface area contributed by atoms with Gasteiger partial charge in [-0.2, -0.15) is 0 Å². The zero-order chi connectivity index (χ0) is 25.4. The van der Waals surface area contributed by atoms with Crippen LogP contribution >= 0.6 is 0 Å². The van der Waals surface area contributed by atoms with Crippen LogP contribution in [0.2, 0.25) is 0 Å². The molecule has 34 heavy (non-hydrogen) atoms. The highest BCUT2D eigenvalue weighted by molar-refractivity contribution is 5.75. The molecule has 188 valence electrons. The van der Waals surface area contributed by atoms with Gasteiger partial charge in [-0.25, -0.2) is 4.39 Å². The van der Waals surface area contributed by atoms with Crippen molar-refractivity contribution in [2.75, 3.05) is 6.61 Å². The third-order valence-corrected chi connectivity index (χ3v) is 5.27. The Morgan fingerprint density at radius 3 is 2.21 bits per heavy atom. The van der Waals surface area contributed by atoms with Crippen molar-refractivity contribution in [2.45, 2.75) is 97.6 Å². The van der Waals surface area contributed by atoms with Crippen molar-refractivity contribution < 1.29 is 28.2 Å². The molecule has 6 nitrogen and oxygen atoms in total. The number of unbranched alkanes of at least 4 members (excludes halogenated alkanes) is 8. The summed E-state index contributed by atoms with van der Waals surface area (Å²) < 4.78 is 25.8. The molecule has 0 radical (unpaired) electrons. The van der Waals surface area contributed by atoms with E-state index in [1.807, 2.05) is 0 Å². The van der Waals surface area contributed by atoms with Crippen LogP contribution in [-0.2, 0) is 29.6 Å². The molecule has 1 rings (SSSR count). The molecule has 0 aliphatic carbocycles. The molecule has 0 fully saturated rings. The van der Waals surface area contributed by atoms with Gasteiger partial charge in [0.05, 0.1) is 17.7 Å². The highest BCUT2D eigenvalue weighted by Gasteiger charge is 2.40. The van der Waals surface area contributed by atoms with Gasteiger partial charge in [-0.3, -0.25) is 14.4 Å². The number of benzene rings is 1. The second-order valence-electron chi connectivity index (χ2n) is 8.39. The number of hydrogen-bond acceptors (Lipinski definition) is 5. The zero-order valence-corrected chi connectivity index (χ0v) is 20.9. The van der Waals surface area contributed by atoms with E-state index < -0.39 is 29.4 Å². The highest BCUT2D eigenvalue weighted by atomic mass is 19.1. The number of rotatable bonds is 14. The molecule has 0 aromatic heterocycles. The molecule has 7 heteroatoms. The Morgan fingerprint density at radius 2 is 1.62 bits per heavy atom. The number of hydrogen-bond donors (Lipinski definition) is 1. The third kappa shape index (κ3) is 10.8. The van der Waals surface area contributed by atoms with Gasteiger partial charge in [0, 0.05) is 33.6 Å². The summed E-state index contributed by atoms with van der Waals surface area (Å²) in [6, 6.07) is 4.55. The Balaban J connectivity index is 2.96. The molecular weight excluding hydrogens is 437 g/mol. The minimum atomic E-state index is -1.83. The van der Waals surface area contributed by atoms with E-state index in [2.05, 4.69) is 24.1 Å². The maximum atomic E-state index is 15.5. The molecule has 0 heterocycles. The Hall–Kier alpha value is -2.88. The fraction of sp³-hybridized carbons (Fsp3) is 0.593. The topological polar surface area (TPSA) is 81.7 Å². The number of amides is 1. The molecule has 1 atom stereocenters. The highest BCUT2D eigenvalue weighted by Crippen LogP contribution is 2.31. The van der Waals surface area contributed by atoms with Gasteiger partial charge >= 0.3 is 11.9 Å². The first-order valence-electron chi connectivity index (χ1n) is 12.1. The van der Waals surface area contributed by atoms with Gasteiger partial charge in [0.15, 0.2) is 0 Å². The van der Waals surface area contributed by atoms with E-state index >= 15 is 4.39 Å². The molecule has 1 N–H and O–H groups in total. The molecule has 0 spiro atoms. The monoisotopic (exact) mass is 475 g/mol. The Kier molecular flexibility index (Phi) is 13.6. The van der Waals surface area contributed by atoms with Crippen LogP contribution in [0.1, 0.15) is 103 Å². The van der Waals surface area contributed by atoms with Gasteiger partial charge in [0.1, 0.15) is 5.82 Å². The number of carbonyl (C=O) groups excluding carboxylic acids is 3. The molecule has 0 saturated carbocycles. The molecule has 1 aromatic carbocycles. The molecule has 0 saturated heterocycles. The molecule has 1 amide bonds. The van der Waals surface area contributed by atoms with E-state index in [-0.39, 0.29) is 24.2 Å². The summed E-state index contributed by atoms with van der Waals surface area (Å²) in [5, 5.41) is 2.53. The molecule has 1 unspecified atom stereocenters. The van der Waals surface area contributed by atoms with Gasteiger partial charge in [0.25, 0.3) is 0 Å². The van der Waals surface area contributed by atoms with Gasteiger partial charge in [0.2, 0.25) is 11.6 Å². The maximum Gasteiger partial charge on any atom is 0.305 e. The minimum absolute atomic E-state index is 0.0519. The first kappa shape index (κ1) is 29.2. The quantitative estimate of drug-likeness (QED) is 0.166. The largest absolute Gasteiger partial charge is 0.466 e. The van der Waals surface area contributed by atoms with Crippen molar-refractivity contribution in [2.24, 2.45) is 0 Å². The predicted octanol–water partition coefficient (Wildman–Crippen LogP) is 5.51. The van der Waals surface area contributed by atoms with Crippen LogP contribution in [0.25, 0.3) is 0 Å². The first-order chi connectivity index (χ1) is 16.2. The van der Waals surface area contributed by atoms with E-state index in [0.717, 1.165) is 19.8 Å². The summed E-state index contributed by atoms with van der Waals surface area (Å²) in [5.41, 5.74) is -1.73. The van der Waals surface area contributed by atoms with Gasteiger partial charge in [-0.1, -0.05) is 75.8 Å². The minimum Gasteiger partial charge on any atom is -0.466 e. The van der Waals surface area contributed by atoms with Crippen LogP contribution in [0.3, 0.4) is 0 Å². The molecule has 0 aliphatic rings. The van der Waals surface area contributed by atoms with Crippen molar-refractivity contribution in [1.29, 1.82) is 0 Å². The smallest absolute Gasteiger partial charge is 0.305 e. The third-order valence-electron chi connectivity index (χ3n) is 5.27. The van der Waals surface area contributed by atoms with E-state index in [4.69, 9.17) is 9.47 Å². The standard InChI is InChI=1S/C27H38FNO5/c1-5-6-7-8-9-10-11-12-13-14-16-24-17-15-18-25(26(24)28)27(29-21(2)30,34-23(4)32)19-20-33-22(3)31/h15,17-18H,5-13,19-20H2,1-4H3,(H,29,30). The number of carbonyl (C=O) groups is 3. The normalized spacial score (nSPS) is 12.1.